The highest BCUT2D eigenvalue weighted by molar-refractivity contribution is 7.22. The SMILES string of the molecule is COc1ccc(CC(=O)Nc2nc3c(C)ccc(C)c3s2)cc1OC. The second-order valence-corrected chi connectivity index (χ2v) is 6.81. The third-order valence-electron chi connectivity index (χ3n) is 4.00. The van der Waals surface area contributed by atoms with Crippen LogP contribution in [0.25, 0.3) is 10.2 Å². The number of fused-ring (bicyclic) bond motifs is 1. The molecule has 130 valence electrons. The van der Waals surface area contributed by atoms with Gasteiger partial charge in [0.1, 0.15) is 0 Å². The molecule has 1 amide bonds. The van der Waals surface area contributed by atoms with Crippen LogP contribution in [0.1, 0.15) is 16.7 Å². The fourth-order valence-corrected chi connectivity index (χ4v) is 3.68. The van der Waals surface area contributed by atoms with E-state index in [1.165, 1.54) is 16.9 Å². The number of aromatic nitrogens is 1. The van der Waals surface area contributed by atoms with Gasteiger partial charge in [0.05, 0.1) is 30.9 Å². The van der Waals surface area contributed by atoms with Gasteiger partial charge in [0.25, 0.3) is 0 Å². The Morgan fingerprint density at radius 1 is 1.08 bits per heavy atom. The molecular formula is C19H20N2O3S. The van der Waals surface area contributed by atoms with Gasteiger partial charge in [-0.05, 0) is 42.7 Å². The summed E-state index contributed by atoms with van der Waals surface area (Å²) in [6.07, 6.45) is 0.244. The summed E-state index contributed by atoms with van der Waals surface area (Å²) < 4.78 is 11.6. The van der Waals surface area contributed by atoms with E-state index in [1.54, 1.807) is 20.3 Å². The molecular weight excluding hydrogens is 336 g/mol. The minimum Gasteiger partial charge on any atom is -0.493 e. The number of methoxy groups -OCH3 is 2. The first kappa shape index (κ1) is 17.2. The van der Waals surface area contributed by atoms with Crippen molar-refractivity contribution in [2.75, 3.05) is 19.5 Å². The normalized spacial score (nSPS) is 10.7. The first-order valence-electron chi connectivity index (χ1n) is 7.89. The number of hydrogen-bond acceptors (Lipinski definition) is 5. The summed E-state index contributed by atoms with van der Waals surface area (Å²) in [5.74, 6) is 1.14. The van der Waals surface area contributed by atoms with Crippen LogP contribution in [0, 0.1) is 13.8 Å². The summed E-state index contributed by atoms with van der Waals surface area (Å²) in [5, 5.41) is 3.52. The van der Waals surface area contributed by atoms with Crippen LogP contribution in [-0.4, -0.2) is 25.1 Å². The predicted octanol–water partition coefficient (Wildman–Crippen LogP) is 4.11. The lowest BCUT2D eigenvalue weighted by Crippen LogP contribution is -2.14. The highest BCUT2D eigenvalue weighted by atomic mass is 32.1. The fraction of sp³-hybridized carbons (Fsp3) is 0.263. The van der Waals surface area contributed by atoms with Crippen molar-refractivity contribution in [3.8, 4) is 11.5 Å². The number of nitrogens with one attached hydrogen (secondary N) is 1. The number of benzene rings is 2. The van der Waals surface area contributed by atoms with Gasteiger partial charge in [-0.15, -0.1) is 0 Å². The van der Waals surface area contributed by atoms with E-state index in [2.05, 4.69) is 23.3 Å². The summed E-state index contributed by atoms with van der Waals surface area (Å²) in [5.41, 5.74) is 4.07. The molecule has 0 radical (unpaired) electrons. The van der Waals surface area contributed by atoms with Crippen molar-refractivity contribution in [1.29, 1.82) is 0 Å². The quantitative estimate of drug-likeness (QED) is 0.747. The number of carbonyl (C=O) groups excluding carboxylic acids is 1. The molecule has 2 aromatic carbocycles. The van der Waals surface area contributed by atoms with E-state index in [0.717, 1.165) is 21.3 Å². The summed E-state index contributed by atoms with van der Waals surface area (Å²) in [6, 6.07) is 9.59. The fourth-order valence-electron chi connectivity index (χ4n) is 2.65. The summed E-state index contributed by atoms with van der Waals surface area (Å²) >= 11 is 1.50. The molecule has 3 aromatic rings. The standard InChI is InChI=1S/C19H20N2O3S/c1-11-5-6-12(2)18-17(11)21-19(25-18)20-16(22)10-13-7-8-14(23-3)15(9-13)24-4/h5-9H,10H2,1-4H3,(H,20,21,22). The Hall–Kier alpha value is -2.60. The minimum atomic E-state index is -0.110. The van der Waals surface area contributed by atoms with Gasteiger partial charge in [-0.25, -0.2) is 4.98 Å². The van der Waals surface area contributed by atoms with E-state index < -0.39 is 0 Å². The van der Waals surface area contributed by atoms with Gasteiger partial charge in [0, 0.05) is 0 Å². The zero-order chi connectivity index (χ0) is 18.0. The maximum Gasteiger partial charge on any atom is 0.230 e. The molecule has 1 N–H and O–H groups in total. The number of ether oxygens (including phenoxy) is 2. The van der Waals surface area contributed by atoms with E-state index in [0.29, 0.717) is 16.6 Å². The van der Waals surface area contributed by atoms with Crippen LogP contribution in [0.5, 0.6) is 11.5 Å². The number of aryl methyl sites for hydroxylation is 2. The number of anilines is 1. The van der Waals surface area contributed by atoms with E-state index in [1.807, 2.05) is 25.1 Å². The summed E-state index contributed by atoms with van der Waals surface area (Å²) in [6.45, 7) is 4.08. The number of nitrogens with zero attached hydrogens (tertiary/aromatic N) is 1. The number of thiazole rings is 1. The lowest BCUT2D eigenvalue weighted by Gasteiger charge is -2.09. The second kappa shape index (κ2) is 7.11. The van der Waals surface area contributed by atoms with Crippen LogP contribution in [-0.2, 0) is 11.2 Å². The van der Waals surface area contributed by atoms with Crippen LogP contribution >= 0.6 is 11.3 Å². The molecule has 0 aliphatic carbocycles. The average molecular weight is 356 g/mol. The van der Waals surface area contributed by atoms with Gasteiger partial charge < -0.3 is 14.8 Å². The molecule has 25 heavy (non-hydrogen) atoms. The highest BCUT2D eigenvalue weighted by Crippen LogP contribution is 2.31. The maximum atomic E-state index is 12.4. The molecule has 1 heterocycles. The smallest absolute Gasteiger partial charge is 0.230 e. The number of carbonyl (C=O) groups is 1. The van der Waals surface area contributed by atoms with E-state index in [-0.39, 0.29) is 12.3 Å². The minimum absolute atomic E-state index is 0.110. The Morgan fingerprint density at radius 2 is 1.80 bits per heavy atom. The molecule has 0 fully saturated rings. The molecule has 0 bridgehead atoms. The number of hydrogen-bond donors (Lipinski definition) is 1. The van der Waals surface area contributed by atoms with Gasteiger partial charge in [0.2, 0.25) is 5.91 Å². The van der Waals surface area contributed by atoms with Crippen molar-refractivity contribution < 1.29 is 14.3 Å². The Morgan fingerprint density at radius 3 is 2.48 bits per heavy atom. The molecule has 0 aliphatic rings. The molecule has 5 nitrogen and oxygen atoms in total. The van der Waals surface area contributed by atoms with Gasteiger partial charge >= 0.3 is 0 Å². The predicted molar refractivity (Wildman–Crippen MR) is 101 cm³/mol. The Balaban J connectivity index is 1.77. The van der Waals surface area contributed by atoms with Crippen LogP contribution in [0.3, 0.4) is 0 Å². The van der Waals surface area contributed by atoms with Gasteiger partial charge in [0.15, 0.2) is 16.6 Å². The molecule has 0 unspecified atom stereocenters. The molecule has 1 aromatic heterocycles. The maximum absolute atomic E-state index is 12.4. The zero-order valence-electron chi connectivity index (χ0n) is 14.7. The van der Waals surface area contributed by atoms with Crippen molar-refractivity contribution >= 4 is 32.6 Å². The van der Waals surface area contributed by atoms with Gasteiger partial charge in [-0.3, -0.25) is 4.79 Å². The van der Waals surface area contributed by atoms with Gasteiger partial charge in [-0.2, -0.15) is 0 Å². The Kier molecular flexibility index (Phi) is 4.90. The zero-order valence-corrected chi connectivity index (χ0v) is 15.5. The van der Waals surface area contributed by atoms with E-state index in [4.69, 9.17) is 9.47 Å². The van der Waals surface area contributed by atoms with E-state index >= 15 is 0 Å². The number of rotatable bonds is 5. The number of amides is 1. The molecule has 0 atom stereocenters. The van der Waals surface area contributed by atoms with Gasteiger partial charge in [-0.1, -0.05) is 29.5 Å². The molecule has 3 rings (SSSR count). The van der Waals surface area contributed by atoms with Crippen molar-refractivity contribution in [2.24, 2.45) is 0 Å². The molecule has 0 aliphatic heterocycles. The lowest BCUT2D eigenvalue weighted by atomic mass is 10.1. The third kappa shape index (κ3) is 3.58. The monoisotopic (exact) mass is 356 g/mol. The third-order valence-corrected chi connectivity index (χ3v) is 5.11. The second-order valence-electron chi connectivity index (χ2n) is 5.81. The van der Waals surface area contributed by atoms with Crippen molar-refractivity contribution in [2.45, 2.75) is 20.3 Å². The lowest BCUT2D eigenvalue weighted by molar-refractivity contribution is -0.115. The topological polar surface area (TPSA) is 60.5 Å². The molecule has 0 spiro atoms. The van der Waals surface area contributed by atoms with Crippen LogP contribution in [0.15, 0.2) is 30.3 Å². The Labute approximate surface area is 150 Å². The molecule has 0 saturated heterocycles. The molecule has 6 heteroatoms. The summed E-state index contributed by atoms with van der Waals surface area (Å²) in [7, 11) is 3.16. The van der Waals surface area contributed by atoms with Crippen molar-refractivity contribution in [3.05, 3.63) is 47.0 Å². The van der Waals surface area contributed by atoms with Crippen molar-refractivity contribution in [3.63, 3.8) is 0 Å². The van der Waals surface area contributed by atoms with E-state index in [9.17, 15) is 4.79 Å². The Bertz CT molecular complexity index is 895. The molecule has 0 saturated carbocycles. The highest BCUT2D eigenvalue weighted by Gasteiger charge is 2.12. The van der Waals surface area contributed by atoms with Crippen molar-refractivity contribution in [1.82, 2.24) is 4.98 Å². The van der Waals surface area contributed by atoms with Crippen LogP contribution in [0.4, 0.5) is 5.13 Å². The van der Waals surface area contributed by atoms with Crippen LogP contribution in [0.2, 0.25) is 0 Å². The summed E-state index contributed by atoms with van der Waals surface area (Å²) in [4.78, 5) is 16.9. The first-order chi connectivity index (χ1) is 12.0. The average Bonchev–Trinajstić information content (AvgIpc) is 3.03. The largest absolute Gasteiger partial charge is 0.493 e. The van der Waals surface area contributed by atoms with Crippen LogP contribution < -0.4 is 14.8 Å². The first-order valence-corrected chi connectivity index (χ1v) is 8.71.